The van der Waals surface area contributed by atoms with E-state index in [-0.39, 0.29) is 11.2 Å². The second-order valence-corrected chi connectivity index (χ2v) is 6.90. The first-order valence-electron chi connectivity index (χ1n) is 6.94. The molecular weight excluding hydrogens is 274 g/mol. The lowest BCUT2D eigenvalue weighted by atomic mass is 9.78. The molecule has 110 valence electrons. The summed E-state index contributed by atoms with van der Waals surface area (Å²) in [4.78, 5) is 0. The summed E-state index contributed by atoms with van der Waals surface area (Å²) in [6.45, 7) is 9.86. The van der Waals surface area contributed by atoms with Gasteiger partial charge in [0.15, 0.2) is 0 Å². The Labute approximate surface area is 126 Å². The predicted molar refractivity (Wildman–Crippen MR) is 82.6 cm³/mol. The molecule has 0 bridgehead atoms. The topological polar surface area (TPSA) is 38.7 Å². The summed E-state index contributed by atoms with van der Waals surface area (Å²) >= 11 is 6.17. The van der Waals surface area contributed by atoms with E-state index in [1.165, 1.54) is 0 Å². The summed E-state index contributed by atoms with van der Waals surface area (Å²) < 4.78 is 12.0. The first-order chi connectivity index (χ1) is 9.12. The summed E-state index contributed by atoms with van der Waals surface area (Å²) in [6.07, 6.45) is 0.0904. The number of aliphatic hydroxyl groups excluding tert-OH is 1. The SMILES string of the molecule is CC(O)Cc1cc(B2OC(C)(C)C(C)(C)O2)ccc1Cl. The number of halogens is 1. The van der Waals surface area contributed by atoms with E-state index in [2.05, 4.69) is 0 Å². The van der Waals surface area contributed by atoms with Gasteiger partial charge in [-0.25, -0.2) is 0 Å². The zero-order valence-corrected chi connectivity index (χ0v) is 13.5. The molecule has 0 aliphatic carbocycles. The van der Waals surface area contributed by atoms with Crippen LogP contribution in [0.25, 0.3) is 0 Å². The van der Waals surface area contributed by atoms with Crippen LogP contribution in [0.2, 0.25) is 5.02 Å². The van der Waals surface area contributed by atoms with Gasteiger partial charge in [-0.2, -0.15) is 0 Å². The first kappa shape index (κ1) is 15.8. The van der Waals surface area contributed by atoms with Crippen LogP contribution in [-0.2, 0) is 15.7 Å². The van der Waals surface area contributed by atoms with Crippen LogP contribution in [0.15, 0.2) is 18.2 Å². The van der Waals surface area contributed by atoms with Gasteiger partial charge in [0, 0.05) is 5.02 Å². The molecule has 0 spiro atoms. The molecule has 1 aromatic rings. The molecule has 1 aliphatic rings. The van der Waals surface area contributed by atoms with Crippen molar-refractivity contribution in [2.75, 3.05) is 0 Å². The Balaban J connectivity index is 2.27. The molecule has 1 heterocycles. The summed E-state index contributed by atoms with van der Waals surface area (Å²) in [5, 5.41) is 10.2. The molecule has 3 nitrogen and oxygen atoms in total. The van der Waals surface area contributed by atoms with Crippen LogP contribution in [-0.4, -0.2) is 29.5 Å². The normalized spacial score (nSPS) is 22.1. The first-order valence-corrected chi connectivity index (χ1v) is 7.32. The molecule has 2 rings (SSSR count). The van der Waals surface area contributed by atoms with E-state index >= 15 is 0 Å². The van der Waals surface area contributed by atoms with Crippen molar-refractivity contribution >= 4 is 24.2 Å². The van der Waals surface area contributed by atoms with Crippen molar-refractivity contribution in [3.63, 3.8) is 0 Å². The molecule has 1 N–H and O–H groups in total. The van der Waals surface area contributed by atoms with Crippen molar-refractivity contribution in [2.24, 2.45) is 0 Å². The van der Waals surface area contributed by atoms with E-state index in [1.54, 1.807) is 6.92 Å². The smallest absolute Gasteiger partial charge is 0.399 e. The third kappa shape index (κ3) is 3.04. The van der Waals surface area contributed by atoms with Crippen molar-refractivity contribution in [1.82, 2.24) is 0 Å². The fraction of sp³-hybridized carbons (Fsp3) is 0.600. The number of benzene rings is 1. The monoisotopic (exact) mass is 296 g/mol. The second-order valence-electron chi connectivity index (χ2n) is 6.49. The van der Waals surface area contributed by atoms with Crippen molar-refractivity contribution in [3.05, 3.63) is 28.8 Å². The third-order valence-corrected chi connectivity index (χ3v) is 4.48. The Hall–Kier alpha value is -0.545. The molecule has 1 unspecified atom stereocenters. The fourth-order valence-electron chi connectivity index (χ4n) is 2.20. The van der Waals surface area contributed by atoms with E-state index in [0.717, 1.165) is 11.0 Å². The van der Waals surface area contributed by atoms with Gasteiger partial charge in [0.1, 0.15) is 0 Å². The lowest BCUT2D eigenvalue weighted by Gasteiger charge is -2.32. The molecule has 1 saturated heterocycles. The highest BCUT2D eigenvalue weighted by molar-refractivity contribution is 6.62. The lowest BCUT2D eigenvalue weighted by molar-refractivity contribution is 0.00578. The molecular formula is C15H22BClO3. The van der Waals surface area contributed by atoms with Crippen molar-refractivity contribution in [1.29, 1.82) is 0 Å². The summed E-state index contributed by atoms with van der Waals surface area (Å²) in [5.41, 5.74) is 1.13. The summed E-state index contributed by atoms with van der Waals surface area (Å²) in [7, 11) is -0.398. The van der Waals surface area contributed by atoms with Crippen molar-refractivity contribution in [3.8, 4) is 0 Å². The summed E-state index contributed by atoms with van der Waals surface area (Å²) in [5.74, 6) is 0. The Bertz CT molecular complexity index is 484. The average molecular weight is 297 g/mol. The van der Waals surface area contributed by atoms with Crippen LogP contribution in [0, 0.1) is 0 Å². The number of hydrogen-bond acceptors (Lipinski definition) is 3. The number of aliphatic hydroxyl groups is 1. The Morgan fingerprint density at radius 3 is 2.25 bits per heavy atom. The number of rotatable bonds is 3. The van der Waals surface area contributed by atoms with E-state index in [9.17, 15) is 5.11 Å². The highest BCUT2D eigenvalue weighted by Gasteiger charge is 2.51. The molecule has 0 amide bonds. The predicted octanol–water partition coefficient (Wildman–Crippen LogP) is 2.56. The van der Waals surface area contributed by atoms with Gasteiger partial charge in [-0.3, -0.25) is 0 Å². The maximum absolute atomic E-state index is 9.53. The van der Waals surface area contributed by atoms with Gasteiger partial charge in [0.2, 0.25) is 0 Å². The molecule has 5 heteroatoms. The van der Waals surface area contributed by atoms with E-state index in [4.69, 9.17) is 20.9 Å². The van der Waals surface area contributed by atoms with E-state index < -0.39 is 13.2 Å². The zero-order valence-electron chi connectivity index (χ0n) is 12.7. The largest absolute Gasteiger partial charge is 0.494 e. The van der Waals surface area contributed by atoms with Crippen LogP contribution in [0.5, 0.6) is 0 Å². The molecule has 1 fully saturated rings. The quantitative estimate of drug-likeness (QED) is 0.871. The Morgan fingerprint density at radius 1 is 1.20 bits per heavy atom. The van der Waals surface area contributed by atoms with Gasteiger partial charge >= 0.3 is 7.12 Å². The third-order valence-electron chi connectivity index (χ3n) is 4.11. The molecule has 0 aromatic heterocycles. The van der Waals surface area contributed by atoms with Crippen LogP contribution < -0.4 is 5.46 Å². The molecule has 20 heavy (non-hydrogen) atoms. The van der Waals surface area contributed by atoms with Crippen LogP contribution in [0.3, 0.4) is 0 Å². The van der Waals surface area contributed by atoms with Gasteiger partial charge in [0.05, 0.1) is 17.3 Å². The molecule has 0 saturated carbocycles. The average Bonchev–Trinajstić information content (AvgIpc) is 2.50. The fourth-order valence-corrected chi connectivity index (χ4v) is 2.39. The van der Waals surface area contributed by atoms with Crippen molar-refractivity contribution in [2.45, 2.75) is 58.3 Å². The highest BCUT2D eigenvalue weighted by Crippen LogP contribution is 2.36. The minimum atomic E-state index is -0.430. The minimum Gasteiger partial charge on any atom is -0.399 e. The van der Waals surface area contributed by atoms with Crippen LogP contribution in [0.1, 0.15) is 40.2 Å². The maximum atomic E-state index is 9.53. The Kier molecular flexibility index (Phi) is 4.23. The standard InChI is InChI=1S/C15H22BClO3/c1-10(18)8-11-9-12(6-7-13(11)17)16-19-14(2,3)15(4,5)20-16/h6-7,9-10,18H,8H2,1-5H3. The van der Waals surface area contributed by atoms with Crippen molar-refractivity contribution < 1.29 is 14.4 Å². The Morgan fingerprint density at radius 2 is 1.75 bits per heavy atom. The number of hydrogen-bond donors (Lipinski definition) is 1. The van der Waals surface area contributed by atoms with Crippen LogP contribution in [0.4, 0.5) is 0 Å². The van der Waals surface area contributed by atoms with Gasteiger partial charge in [-0.15, -0.1) is 0 Å². The molecule has 1 aliphatic heterocycles. The van der Waals surface area contributed by atoms with Gasteiger partial charge in [-0.05, 0) is 58.1 Å². The van der Waals surface area contributed by atoms with Gasteiger partial charge in [-0.1, -0.05) is 23.7 Å². The molecule has 1 atom stereocenters. The van der Waals surface area contributed by atoms with Crippen LogP contribution >= 0.6 is 11.6 Å². The van der Waals surface area contributed by atoms with E-state index in [0.29, 0.717) is 11.4 Å². The van der Waals surface area contributed by atoms with Gasteiger partial charge in [0.25, 0.3) is 0 Å². The zero-order chi connectivity index (χ0) is 15.1. The minimum absolute atomic E-state index is 0.359. The van der Waals surface area contributed by atoms with E-state index in [1.807, 2.05) is 45.9 Å². The van der Waals surface area contributed by atoms with Gasteiger partial charge < -0.3 is 14.4 Å². The lowest BCUT2D eigenvalue weighted by Crippen LogP contribution is -2.41. The summed E-state index contributed by atoms with van der Waals surface area (Å²) in [6, 6.07) is 5.70. The maximum Gasteiger partial charge on any atom is 0.494 e. The second kappa shape index (κ2) is 5.34. The molecule has 0 radical (unpaired) electrons. The molecule has 1 aromatic carbocycles. The highest BCUT2D eigenvalue weighted by atomic mass is 35.5.